The highest BCUT2D eigenvalue weighted by molar-refractivity contribution is 7.89. The lowest BCUT2D eigenvalue weighted by Crippen LogP contribution is -2.32. The van der Waals surface area contributed by atoms with Crippen LogP contribution in [-0.4, -0.2) is 58.7 Å². The average Bonchev–Trinajstić information content (AvgIpc) is 3.01. The molecule has 0 aliphatic heterocycles. The van der Waals surface area contributed by atoms with Crippen molar-refractivity contribution < 1.29 is 8.42 Å². The maximum absolute atomic E-state index is 13.4. The molecule has 5 rings (SSSR count). The van der Waals surface area contributed by atoms with Crippen LogP contribution in [0.2, 0.25) is 0 Å². The van der Waals surface area contributed by atoms with E-state index in [1.54, 1.807) is 6.07 Å². The molecule has 43 heavy (non-hydrogen) atoms. The standard InChI is InChI=1S/C32H43N7O2S.CH4/c1-39(2)29-13-7-11-26-25(29)10-8-14-30(26)42(40,41)36-22-24-17-15-23(16-18-24)21-35-32-37-28-12-4-3-9-27(28)31(38-32)34-20-6-5-19-33;/h3-4,7-14,23-24,36H,5-6,15-22,33H2,1-2H3,(H2,34,35,37,38);1H4. The largest absolute Gasteiger partial charge is 0.377 e. The number of anilines is 3. The van der Waals surface area contributed by atoms with E-state index in [1.807, 2.05) is 73.6 Å². The van der Waals surface area contributed by atoms with Crippen LogP contribution in [0.3, 0.4) is 0 Å². The first-order chi connectivity index (χ1) is 20.4. The average molecular weight is 606 g/mol. The van der Waals surface area contributed by atoms with Gasteiger partial charge in [0.05, 0.1) is 10.4 Å². The van der Waals surface area contributed by atoms with Gasteiger partial charge in [-0.3, -0.25) is 0 Å². The quantitative estimate of drug-likeness (QED) is 0.140. The molecule has 9 nitrogen and oxygen atoms in total. The van der Waals surface area contributed by atoms with Crippen molar-refractivity contribution in [2.24, 2.45) is 17.6 Å². The number of benzene rings is 3. The van der Waals surface area contributed by atoms with Crippen LogP contribution in [0.4, 0.5) is 17.5 Å². The van der Waals surface area contributed by atoms with Crippen LogP contribution in [0, 0.1) is 11.8 Å². The lowest BCUT2D eigenvalue weighted by atomic mass is 9.82. The summed E-state index contributed by atoms with van der Waals surface area (Å²) in [6, 6.07) is 19.4. The monoisotopic (exact) mass is 605 g/mol. The SMILES string of the molecule is C.CN(C)c1cccc2c(S(=O)(=O)NCC3CCC(CNc4nc(NCCCCN)c5ccccc5n4)CC3)cccc12. The smallest absolute Gasteiger partial charge is 0.241 e. The van der Waals surface area contributed by atoms with Crippen LogP contribution in [0.1, 0.15) is 46.0 Å². The zero-order valence-electron chi connectivity index (χ0n) is 24.6. The molecule has 1 aromatic heterocycles. The number of unbranched alkanes of at least 4 members (excludes halogenated alkanes) is 1. The second-order valence-corrected chi connectivity index (χ2v) is 13.2. The van der Waals surface area contributed by atoms with E-state index in [2.05, 4.69) is 15.4 Å². The number of hydrogen-bond acceptors (Lipinski definition) is 8. The summed E-state index contributed by atoms with van der Waals surface area (Å²) in [6.45, 7) is 2.77. The van der Waals surface area contributed by atoms with Gasteiger partial charge in [-0.15, -0.1) is 0 Å². The normalized spacial score (nSPS) is 17.0. The molecule has 1 aliphatic rings. The number of aromatic nitrogens is 2. The highest BCUT2D eigenvalue weighted by Crippen LogP contribution is 2.32. The van der Waals surface area contributed by atoms with Crippen molar-refractivity contribution >= 4 is 49.2 Å². The summed E-state index contributed by atoms with van der Waals surface area (Å²) in [6.07, 6.45) is 6.03. The van der Waals surface area contributed by atoms with Crippen molar-refractivity contribution in [1.29, 1.82) is 0 Å². The highest BCUT2D eigenvalue weighted by Gasteiger charge is 2.25. The van der Waals surface area contributed by atoms with Crippen molar-refractivity contribution in [3.63, 3.8) is 0 Å². The summed E-state index contributed by atoms with van der Waals surface area (Å²) in [7, 11) is 0.305. The van der Waals surface area contributed by atoms with Crippen molar-refractivity contribution in [2.45, 2.75) is 50.8 Å². The maximum atomic E-state index is 13.4. The van der Waals surface area contributed by atoms with Gasteiger partial charge in [-0.25, -0.2) is 18.1 Å². The third kappa shape index (κ3) is 7.93. The molecule has 232 valence electrons. The summed E-state index contributed by atoms with van der Waals surface area (Å²) >= 11 is 0. The molecule has 0 radical (unpaired) electrons. The fourth-order valence-electron chi connectivity index (χ4n) is 5.84. The first-order valence-corrected chi connectivity index (χ1v) is 16.5. The van der Waals surface area contributed by atoms with Crippen LogP contribution in [0.25, 0.3) is 21.7 Å². The van der Waals surface area contributed by atoms with Gasteiger partial charge >= 0.3 is 0 Å². The third-order valence-electron chi connectivity index (χ3n) is 8.23. The first-order valence-electron chi connectivity index (χ1n) is 15.0. The minimum absolute atomic E-state index is 0. The molecule has 0 bridgehead atoms. The van der Waals surface area contributed by atoms with E-state index in [-0.39, 0.29) is 7.43 Å². The summed E-state index contributed by atoms with van der Waals surface area (Å²) in [5.74, 6) is 2.30. The van der Waals surface area contributed by atoms with Crippen LogP contribution >= 0.6 is 0 Å². The Morgan fingerprint density at radius 3 is 2.23 bits per heavy atom. The Balaban J connectivity index is 0.00000423. The second kappa shape index (κ2) is 14.8. The topological polar surface area (TPSA) is 125 Å². The molecule has 0 amide bonds. The summed E-state index contributed by atoms with van der Waals surface area (Å²) in [4.78, 5) is 11.9. The molecule has 0 unspecified atom stereocenters. The number of hydrogen-bond donors (Lipinski definition) is 4. The van der Waals surface area contributed by atoms with Crippen LogP contribution in [0.15, 0.2) is 65.6 Å². The van der Waals surface area contributed by atoms with E-state index < -0.39 is 10.0 Å². The number of fused-ring (bicyclic) bond motifs is 2. The Morgan fingerprint density at radius 2 is 1.49 bits per heavy atom. The molecule has 1 fully saturated rings. The van der Waals surface area contributed by atoms with Gasteiger partial charge in [0, 0.05) is 55.6 Å². The number of nitrogens with zero attached hydrogens (tertiary/aromatic N) is 3. The van der Waals surface area contributed by atoms with E-state index in [1.165, 1.54) is 0 Å². The van der Waals surface area contributed by atoms with Gasteiger partial charge in [0.15, 0.2) is 0 Å². The van der Waals surface area contributed by atoms with E-state index >= 15 is 0 Å². The molecule has 1 saturated carbocycles. The Kier molecular flexibility index (Phi) is 11.2. The molecule has 0 saturated heterocycles. The molecule has 4 aromatic rings. The Morgan fingerprint density at radius 1 is 0.814 bits per heavy atom. The molecule has 3 aromatic carbocycles. The number of sulfonamides is 1. The summed E-state index contributed by atoms with van der Waals surface area (Å²) < 4.78 is 29.6. The highest BCUT2D eigenvalue weighted by atomic mass is 32.2. The summed E-state index contributed by atoms with van der Waals surface area (Å²) in [5.41, 5.74) is 7.55. The fourth-order valence-corrected chi connectivity index (χ4v) is 7.17. The number of nitrogens with two attached hydrogens (primary N) is 1. The first kappa shape index (κ1) is 32.4. The maximum Gasteiger partial charge on any atom is 0.241 e. The zero-order valence-corrected chi connectivity index (χ0v) is 25.5. The van der Waals surface area contributed by atoms with E-state index in [0.29, 0.717) is 35.8 Å². The Hall–Kier alpha value is -3.47. The third-order valence-corrected chi connectivity index (χ3v) is 9.72. The molecule has 0 spiro atoms. The lowest BCUT2D eigenvalue weighted by molar-refractivity contribution is 0.284. The van der Waals surface area contributed by atoms with Crippen LogP contribution in [-0.2, 0) is 10.0 Å². The Bertz CT molecular complexity index is 1600. The molecule has 1 heterocycles. The van der Waals surface area contributed by atoms with Crippen LogP contribution < -0.4 is 26.0 Å². The summed E-state index contributed by atoms with van der Waals surface area (Å²) in [5, 5.41) is 9.62. The number of rotatable bonds is 13. The van der Waals surface area contributed by atoms with Gasteiger partial charge in [-0.2, -0.15) is 4.98 Å². The van der Waals surface area contributed by atoms with Gasteiger partial charge in [-0.05, 0) is 81.2 Å². The number of para-hydroxylation sites is 1. The molecular formula is C33H47N7O2S. The molecular weight excluding hydrogens is 558 g/mol. The van der Waals surface area contributed by atoms with Gasteiger partial charge in [0.25, 0.3) is 0 Å². The van der Waals surface area contributed by atoms with E-state index in [4.69, 9.17) is 15.7 Å². The van der Waals surface area contributed by atoms with Crippen molar-refractivity contribution in [3.05, 3.63) is 60.7 Å². The zero-order chi connectivity index (χ0) is 29.5. The predicted octanol–water partition coefficient (Wildman–Crippen LogP) is 5.83. The second-order valence-electron chi connectivity index (χ2n) is 11.5. The molecule has 0 atom stereocenters. The molecule has 10 heteroatoms. The van der Waals surface area contributed by atoms with Crippen molar-refractivity contribution in [3.8, 4) is 0 Å². The Labute approximate surface area is 256 Å². The minimum Gasteiger partial charge on any atom is -0.377 e. The van der Waals surface area contributed by atoms with Gasteiger partial charge in [0.2, 0.25) is 16.0 Å². The predicted molar refractivity (Wildman–Crippen MR) is 180 cm³/mol. The molecule has 5 N–H and O–H groups in total. The number of nitrogens with one attached hydrogen (secondary N) is 3. The van der Waals surface area contributed by atoms with Crippen molar-refractivity contribution in [2.75, 3.05) is 55.8 Å². The van der Waals surface area contributed by atoms with Gasteiger partial charge < -0.3 is 21.3 Å². The fraction of sp³-hybridized carbons (Fsp3) is 0.455. The molecule has 1 aliphatic carbocycles. The van der Waals surface area contributed by atoms with Gasteiger partial charge in [0.1, 0.15) is 5.82 Å². The lowest BCUT2D eigenvalue weighted by Gasteiger charge is -2.29. The van der Waals surface area contributed by atoms with E-state index in [0.717, 1.165) is 84.8 Å². The van der Waals surface area contributed by atoms with Crippen molar-refractivity contribution in [1.82, 2.24) is 14.7 Å². The minimum atomic E-state index is -3.63. The van der Waals surface area contributed by atoms with Crippen LogP contribution in [0.5, 0.6) is 0 Å². The van der Waals surface area contributed by atoms with E-state index in [9.17, 15) is 8.42 Å². The van der Waals surface area contributed by atoms with Gasteiger partial charge in [-0.1, -0.05) is 43.8 Å².